The number of aromatic hydroxyl groups is 2. The van der Waals surface area contributed by atoms with Crippen molar-refractivity contribution < 1.29 is 15.3 Å². The van der Waals surface area contributed by atoms with E-state index in [1.807, 2.05) is 25.1 Å². The molecule has 3 nitrogen and oxygen atoms in total. The zero-order valence-electron chi connectivity index (χ0n) is 11.2. The van der Waals surface area contributed by atoms with Crippen LogP contribution in [0.4, 0.5) is 0 Å². The van der Waals surface area contributed by atoms with E-state index in [9.17, 15) is 0 Å². The quantitative estimate of drug-likeness (QED) is 0.737. The lowest BCUT2D eigenvalue weighted by atomic mass is 10.2. The minimum absolute atomic E-state index is 0.285. The summed E-state index contributed by atoms with van der Waals surface area (Å²) < 4.78 is 0. The van der Waals surface area contributed by atoms with Gasteiger partial charge in [0.1, 0.15) is 11.5 Å². The second-order valence-electron chi connectivity index (χ2n) is 3.63. The third kappa shape index (κ3) is 7.63. The van der Waals surface area contributed by atoms with Gasteiger partial charge in [-0.3, -0.25) is 0 Å². The number of aryl methyl sites for hydroxylation is 1. The van der Waals surface area contributed by atoms with Crippen LogP contribution in [0.5, 0.6) is 11.5 Å². The molecule has 2 aromatic rings. The summed E-state index contributed by atoms with van der Waals surface area (Å²) in [5, 5.41) is 24.7. The highest BCUT2D eigenvalue weighted by atomic mass is 16.3. The van der Waals surface area contributed by atoms with E-state index >= 15 is 0 Å². The highest BCUT2D eigenvalue weighted by Gasteiger charge is 1.85. The summed E-state index contributed by atoms with van der Waals surface area (Å²) in [6.07, 6.45) is 1.69. The number of phenols is 2. The summed E-state index contributed by atoms with van der Waals surface area (Å²) in [6.45, 7) is 5.55. The Bertz CT molecular complexity index is 455. The molecule has 0 saturated heterocycles. The first kappa shape index (κ1) is 16.7. The Morgan fingerprint density at radius 1 is 0.895 bits per heavy atom. The van der Waals surface area contributed by atoms with Crippen molar-refractivity contribution in [3.05, 3.63) is 66.2 Å². The molecule has 2 aromatic carbocycles. The molecule has 3 N–H and O–H groups in total. The van der Waals surface area contributed by atoms with Gasteiger partial charge >= 0.3 is 0 Å². The lowest BCUT2D eigenvalue weighted by Gasteiger charge is -1.91. The van der Waals surface area contributed by atoms with Crippen LogP contribution in [0.15, 0.2) is 55.1 Å². The van der Waals surface area contributed by atoms with Crippen LogP contribution in [0.3, 0.4) is 0 Å². The van der Waals surface area contributed by atoms with Crippen molar-refractivity contribution in [1.82, 2.24) is 0 Å². The third-order valence-electron chi connectivity index (χ3n) is 2.14. The van der Waals surface area contributed by atoms with Crippen LogP contribution in [0.2, 0.25) is 0 Å². The lowest BCUT2D eigenvalue weighted by Crippen LogP contribution is -1.67. The average molecular weight is 260 g/mol. The van der Waals surface area contributed by atoms with E-state index in [-0.39, 0.29) is 5.75 Å². The molecule has 3 heteroatoms. The van der Waals surface area contributed by atoms with Gasteiger partial charge in [-0.05, 0) is 36.8 Å². The van der Waals surface area contributed by atoms with Crippen molar-refractivity contribution in [1.29, 1.82) is 0 Å². The minimum Gasteiger partial charge on any atom is -0.508 e. The Balaban J connectivity index is 0.000000303. The maximum atomic E-state index is 8.90. The van der Waals surface area contributed by atoms with Crippen molar-refractivity contribution in [2.45, 2.75) is 6.92 Å². The molecule has 0 aliphatic rings. The Kier molecular flexibility index (Phi) is 8.58. The molecular formula is C16H20O3. The monoisotopic (exact) mass is 260 g/mol. The van der Waals surface area contributed by atoms with Crippen molar-refractivity contribution in [3.8, 4) is 11.5 Å². The number of aliphatic hydroxyl groups excluding tert-OH is 1. The molecule has 0 aromatic heterocycles. The van der Waals surface area contributed by atoms with Gasteiger partial charge in [0, 0.05) is 7.11 Å². The normalized spacial score (nSPS) is 8.37. The Hall–Kier alpha value is -2.26. The van der Waals surface area contributed by atoms with E-state index in [0.29, 0.717) is 5.75 Å². The Morgan fingerprint density at radius 3 is 1.84 bits per heavy atom. The molecule has 0 radical (unpaired) electrons. The largest absolute Gasteiger partial charge is 0.508 e. The molecule has 102 valence electrons. The molecule has 0 amide bonds. The first-order valence-electron chi connectivity index (χ1n) is 5.73. The summed E-state index contributed by atoms with van der Waals surface area (Å²) in [4.78, 5) is 0. The second-order valence-corrected chi connectivity index (χ2v) is 3.63. The molecule has 0 saturated carbocycles. The molecule has 19 heavy (non-hydrogen) atoms. The van der Waals surface area contributed by atoms with E-state index in [0.717, 1.165) is 12.7 Å². The van der Waals surface area contributed by atoms with Crippen molar-refractivity contribution in [2.75, 3.05) is 7.11 Å². The van der Waals surface area contributed by atoms with E-state index in [2.05, 4.69) is 6.58 Å². The van der Waals surface area contributed by atoms with E-state index in [4.69, 9.17) is 15.3 Å². The zero-order valence-corrected chi connectivity index (χ0v) is 11.2. The number of hydrogen-bond donors (Lipinski definition) is 3. The predicted octanol–water partition coefficient (Wildman–Crippen LogP) is 3.34. The highest BCUT2D eigenvalue weighted by Crippen LogP contribution is 2.10. The van der Waals surface area contributed by atoms with Gasteiger partial charge in [0.15, 0.2) is 0 Å². The molecule has 0 aliphatic carbocycles. The topological polar surface area (TPSA) is 60.7 Å². The van der Waals surface area contributed by atoms with Crippen LogP contribution in [-0.4, -0.2) is 22.4 Å². The number of rotatable bonds is 1. The summed E-state index contributed by atoms with van der Waals surface area (Å²) in [5.74, 6) is 0.614. The van der Waals surface area contributed by atoms with Gasteiger partial charge in [-0.15, -0.1) is 0 Å². The smallest absolute Gasteiger partial charge is 0.116 e. The molecule has 0 unspecified atom stereocenters. The lowest BCUT2D eigenvalue weighted by molar-refractivity contribution is 0.399. The molecule has 0 heterocycles. The maximum absolute atomic E-state index is 8.90. The van der Waals surface area contributed by atoms with Gasteiger partial charge in [-0.2, -0.15) is 0 Å². The van der Waals surface area contributed by atoms with Crippen LogP contribution < -0.4 is 0 Å². The molecule has 0 bridgehead atoms. The Morgan fingerprint density at radius 2 is 1.47 bits per heavy atom. The summed E-state index contributed by atoms with van der Waals surface area (Å²) in [7, 11) is 1.00. The van der Waals surface area contributed by atoms with Gasteiger partial charge in [0.05, 0.1) is 0 Å². The highest BCUT2D eigenvalue weighted by molar-refractivity contribution is 5.49. The average Bonchev–Trinajstić information content (AvgIpc) is 2.45. The van der Waals surface area contributed by atoms with Gasteiger partial charge in [0.2, 0.25) is 0 Å². The van der Waals surface area contributed by atoms with Crippen LogP contribution >= 0.6 is 0 Å². The van der Waals surface area contributed by atoms with Gasteiger partial charge in [-0.1, -0.05) is 42.5 Å². The molecule has 0 fully saturated rings. The number of phenolic OH excluding ortho intramolecular Hbond substituents is 2. The summed E-state index contributed by atoms with van der Waals surface area (Å²) in [5.41, 5.74) is 2.11. The fourth-order valence-corrected chi connectivity index (χ4v) is 1.20. The molecule has 0 aliphatic heterocycles. The van der Waals surface area contributed by atoms with Crippen LogP contribution in [0, 0.1) is 6.92 Å². The number of aliphatic hydroxyl groups is 1. The number of hydrogen-bond acceptors (Lipinski definition) is 3. The van der Waals surface area contributed by atoms with E-state index in [1.54, 1.807) is 36.4 Å². The standard InChI is InChI=1S/C8H8O.C7H8O.CH4O/c1-2-7-4-3-5-8(9)6-7;1-6-2-4-7(8)5-3-6;1-2/h2-6,9H,1H2;2-5,8H,1H3;2H,1H3. The van der Waals surface area contributed by atoms with Crippen LogP contribution in [0.1, 0.15) is 11.1 Å². The fraction of sp³-hybridized carbons (Fsp3) is 0.125. The van der Waals surface area contributed by atoms with E-state index < -0.39 is 0 Å². The number of benzene rings is 2. The van der Waals surface area contributed by atoms with Crippen LogP contribution in [0.25, 0.3) is 6.08 Å². The van der Waals surface area contributed by atoms with Crippen molar-refractivity contribution >= 4 is 6.08 Å². The fourth-order valence-electron chi connectivity index (χ4n) is 1.20. The van der Waals surface area contributed by atoms with Crippen molar-refractivity contribution in [3.63, 3.8) is 0 Å². The van der Waals surface area contributed by atoms with Crippen molar-refractivity contribution in [2.24, 2.45) is 0 Å². The maximum Gasteiger partial charge on any atom is 0.116 e. The third-order valence-corrected chi connectivity index (χ3v) is 2.14. The summed E-state index contributed by atoms with van der Waals surface area (Å²) in [6, 6.07) is 14.0. The molecular weight excluding hydrogens is 240 g/mol. The van der Waals surface area contributed by atoms with Gasteiger partial charge in [0.25, 0.3) is 0 Å². The molecule has 2 rings (SSSR count). The zero-order chi connectivity index (χ0) is 14.7. The molecule has 0 spiro atoms. The van der Waals surface area contributed by atoms with Crippen LogP contribution in [-0.2, 0) is 0 Å². The van der Waals surface area contributed by atoms with E-state index in [1.165, 1.54) is 5.56 Å². The van der Waals surface area contributed by atoms with Gasteiger partial charge < -0.3 is 15.3 Å². The predicted molar refractivity (Wildman–Crippen MR) is 79.2 cm³/mol. The first-order valence-corrected chi connectivity index (χ1v) is 5.73. The van der Waals surface area contributed by atoms with Gasteiger partial charge in [-0.25, -0.2) is 0 Å². The second kappa shape index (κ2) is 9.74. The SMILES string of the molecule is C=Cc1cccc(O)c1.CO.Cc1ccc(O)cc1. The molecule has 0 atom stereocenters. The first-order chi connectivity index (χ1) is 9.11. The minimum atomic E-state index is 0.285. The Labute approximate surface area is 114 Å². The summed E-state index contributed by atoms with van der Waals surface area (Å²) >= 11 is 0.